The van der Waals surface area contributed by atoms with E-state index in [1.807, 2.05) is 0 Å². The Morgan fingerprint density at radius 3 is 2.35 bits per heavy atom. The molecule has 0 spiro atoms. The fourth-order valence-electron chi connectivity index (χ4n) is 1.81. The number of benzene rings is 1. The van der Waals surface area contributed by atoms with Crippen LogP contribution in [0.3, 0.4) is 0 Å². The van der Waals surface area contributed by atoms with Crippen LogP contribution in [-0.2, 0) is 9.53 Å². The molecule has 0 aliphatic heterocycles. The van der Waals surface area contributed by atoms with Crippen molar-refractivity contribution in [2.75, 3.05) is 19.0 Å². The van der Waals surface area contributed by atoms with E-state index in [4.69, 9.17) is 5.73 Å². The predicted molar refractivity (Wildman–Crippen MR) is 78.6 cm³/mol. The zero-order valence-electron chi connectivity index (χ0n) is 11.9. The molecule has 20 heavy (non-hydrogen) atoms. The number of amides is 1. The number of hydrogen-bond donors (Lipinski definition) is 2. The minimum atomic E-state index is -0.386. The second-order valence-electron chi connectivity index (χ2n) is 4.57. The fraction of sp³-hybridized carbons (Fsp3) is 0.467. The van der Waals surface area contributed by atoms with Gasteiger partial charge in [-0.15, -0.1) is 0 Å². The summed E-state index contributed by atoms with van der Waals surface area (Å²) in [4.78, 5) is 22.9. The van der Waals surface area contributed by atoms with Gasteiger partial charge in [-0.2, -0.15) is 0 Å². The summed E-state index contributed by atoms with van der Waals surface area (Å²) in [6, 6.07) is 6.64. The average molecular weight is 278 g/mol. The predicted octanol–water partition coefficient (Wildman–Crippen LogP) is 2.32. The molecular weight excluding hydrogens is 256 g/mol. The highest BCUT2D eigenvalue weighted by Gasteiger charge is 2.06. The van der Waals surface area contributed by atoms with Crippen LogP contribution < -0.4 is 11.1 Å². The second-order valence-corrected chi connectivity index (χ2v) is 4.57. The monoisotopic (exact) mass is 278 g/mol. The van der Waals surface area contributed by atoms with Crippen LogP contribution in [0.4, 0.5) is 5.69 Å². The zero-order valence-corrected chi connectivity index (χ0v) is 11.9. The van der Waals surface area contributed by atoms with Gasteiger partial charge in [0.2, 0.25) is 5.91 Å². The van der Waals surface area contributed by atoms with Gasteiger partial charge in [0.05, 0.1) is 12.7 Å². The van der Waals surface area contributed by atoms with Gasteiger partial charge in [0, 0.05) is 12.1 Å². The lowest BCUT2D eigenvalue weighted by atomic mass is 10.1. The Labute approximate surface area is 119 Å². The smallest absolute Gasteiger partial charge is 0.337 e. The van der Waals surface area contributed by atoms with Gasteiger partial charge >= 0.3 is 5.97 Å². The lowest BCUT2D eigenvalue weighted by Crippen LogP contribution is -2.11. The molecule has 0 aromatic heterocycles. The minimum absolute atomic E-state index is 0.0106. The highest BCUT2D eigenvalue weighted by molar-refractivity contribution is 5.92. The topological polar surface area (TPSA) is 81.4 Å². The largest absolute Gasteiger partial charge is 0.465 e. The number of anilines is 1. The number of carbonyl (C=O) groups excluding carboxylic acids is 2. The van der Waals surface area contributed by atoms with Gasteiger partial charge in [-0.3, -0.25) is 4.79 Å². The van der Waals surface area contributed by atoms with Gasteiger partial charge < -0.3 is 15.8 Å². The Morgan fingerprint density at radius 1 is 1.10 bits per heavy atom. The van der Waals surface area contributed by atoms with Crippen molar-refractivity contribution >= 4 is 17.6 Å². The SMILES string of the molecule is COC(=O)c1ccc(NC(=O)CCCCCCN)cc1. The molecule has 0 saturated carbocycles. The third kappa shape index (κ3) is 5.84. The van der Waals surface area contributed by atoms with Crippen molar-refractivity contribution in [3.8, 4) is 0 Å². The van der Waals surface area contributed by atoms with E-state index < -0.39 is 0 Å². The van der Waals surface area contributed by atoms with Crippen molar-refractivity contribution < 1.29 is 14.3 Å². The van der Waals surface area contributed by atoms with Crippen LogP contribution in [-0.4, -0.2) is 25.5 Å². The molecule has 1 amide bonds. The van der Waals surface area contributed by atoms with E-state index in [-0.39, 0.29) is 11.9 Å². The summed E-state index contributed by atoms with van der Waals surface area (Å²) >= 11 is 0. The van der Waals surface area contributed by atoms with Crippen molar-refractivity contribution in [3.05, 3.63) is 29.8 Å². The molecule has 110 valence electrons. The number of methoxy groups -OCH3 is 1. The van der Waals surface area contributed by atoms with Gasteiger partial charge in [-0.05, 0) is 43.7 Å². The molecule has 0 saturated heterocycles. The molecule has 1 aromatic carbocycles. The van der Waals surface area contributed by atoms with Gasteiger partial charge in [0.15, 0.2) is 0 Å². The number of carbonyl (C=O) groups is 2. The first-order valence-electron chi connectivity index (χ1n) is 6.85. The second kappa shape index (κ2) is 9.09. The molecule has 0 bridgehead atoms. The van der Waals surface area contributed by atoms with E-state index in [1.54, 1.807) is 24.3 Å². The Hall–Kier alpha value is -1.88. The Kier molecular flexibility index (Phi) is 7.35. The molecule has 1 rings (SSSR count). The number of esters is 1. The van der Waals surface area contributed by atoms with Gasteiger partial charge in [0.1, 0.15) is 0 Å². The first-order valence-corrected chi connectivity index (χ1v) is 6.85. The number of nitrogens with two attached hydrogens (primary N) is 1. The molecule has 3 N–H and O–H groups in total. The number of hydrogen-bond acceptors (Lipinski definition) is 4. The van der Waals surface area contributed by atoms with E-state index in [9.17, 15) is 9.59 Å². The first-order chi connectivity index (χ1) is 9.67. The lowest BCUT2D eigenvalue weighted by molar-refractivity contribution is -0.116. The molecule has 0 atom stereocenters. The molecule has 0 aliphatic carbocycles. The van der Waals surface area contributed by atoms with Crippen molar-refractivity contribution in [2.24, 2.45) is 5.73 Å². The number of ether oxygens (including phenoxy) is 1. The quantitative estimate of drug-likeness (QED) is 0.565. The summed E-state index contributed by atoms with van der Waals surface area (Å²) in [5, 5.41) is 2.80. The minimum Gasteiger partial charge on any atom is -0.465 e. The average Bonchev–Trinajstić information content (AvgIpc) is 2.47. The van der Waals surface area contributed by atoms with E-state index in [1.165, 1.54) is 7.11 Å². The van der Waals surface area contributed by atoms with Gasteiger partial charge in [-0.1, -0.05) is 12.8 Å². The Balaban J connectivity index is 2.33. The van der Waals surface area contributed by atoms with E-state index >= 15 is 0 Å². The van der Waals surface area contributed by atoms with Gasteiger partial charge in [-0.25, -0.2) is 4.79 Å². The Morgan fingerprint density at radius 2 is 1.75 bits per heavy atom. The molecule has 0 fully saturated rings. The molecule has 0 radical (unpaired) electrons. The summed E-state index contributed by atoms with van der Waals surface area (Å²) < 4.78 is 4.61. The standard InChI is InChI=1S/C15H22N2O3/c1-20-15(19)12-7-9-13(10-8-12)17-14(18)6-4-2-3-5-11-16/h7-10H,2-6,11,16H2,1H3,(H,17,18). The highest BCUT2D eigenvalue weighted by Crippen LogP contribution is 2.11. The molecule has 0 unspecified atom stereocenters. The highest BCUT2D eigenvalue weighted by atomic mass is 16.5. The molecule has 5 nitrogen and oxygen atoms in total. The summed E-state index contributed by atoms with van der Waals surface area (Å²) in [6.07, 6.45) is 4.47. The van der Waals surface area contributed by atoms with Crippen molar-refractivity contribution in [1.82, 2.24) is 0 Å². The van der Waals surface area contributed by atoms with Crippen LogP contribution in [0.1, 0.15) is 42.5 Å². The van der Waals surface area contributed by atoms with Crippen molar-refractivity contribution in [1.29, 1.82) is 0 Å². The molecule has 1 aromatic rings. The maximum atomic E-state index is 11.7. The molecule has 0 heterocycles. The maximum absolute atomic E-state index is 11.7. The molecular formula is C15H22N2O3. The van der Waals surface area contributed by atoms with Crippen LogP contribution in [0, 0.1) is 0 Å². The van der Waals surface area contributed by atoms with Crippen LogP contribution in [0.15, 0.2) is 24.3 Å². The summed E-state index contributed by atoms with van der Waals surface area (Å²) in [7, 11) is 1.34. The van der Waals surface area contributed by atoms with Crippen LogP contribution in [0.25, 0.3) is 0 Å². The van der Waals surface area contributed by atoms with Crippen LogP contribution in [0.2, 0.25) is 0 Å². The third-order valence-electron chi connectivity index (χ3n) is 2.95. The van der Waals surface area contributed by atoms with E-state index in [2.05, 4.69) is 10.1 Å². The normalized spacial score (nSPS) is 10.1. The fourth-order valence-corrected chi connectivity index (χ4v) is 1.81. The summed E-state index contributed by atoms with van der Waals surface area (Å²) in [6.45, 7) is 0.707. The number of unbranched alkanes of at least 4 members (excludes halogenated alkanes) is 3. The molecule has 0 aliphatic rings. The maximum Gasteiger partial charge on any atom is 0.337 e. The van der Waals surface area contributed by atoms with E-state index in [0.29, 0.717) is 24.2 Å². The zero-order chi connectivity index (χ0) is 14.8. The van der Waals surface area contributed by atoms with E-state index in [0.717, 1.165) is 25.7 Å². The number of rotatable bonds is 8. The third-order valence-corrected chi connectivity index (χ3v) is 2.95. The first kappa shape index (κ1) is 16.2. The van der Waals surface area contributed by atoms with Crippen molar-refractivity contribution in [2.45, 2.75) is 32.1 Å². The van der Waals surface area contributed by atoms with Crippen LogP contribution in [0.5, 0.6) is 0 Å². The lowest BCUT2D eigenvalue weighted by Gasteiger charge is -2.06. The van der Waals surface area contributed by atoms with Gasteiger partial charge in [0.25, 0.3) is 0 Å². The summed E-state index contributed by atoms with van der Waals surface area (Å²) in [5.41, 5.74) is 6.55. The Bertz CT molecular complexity index is 429. The van der Waals surface area contributed by atoms with Crippen molar-refractivity contribution in [3.63, 3.8) is 0 Å². The van der Waals surface area contributed by atoms with Crippen LogP contribution >= 0.6 is 0 Å². The summed E-state index contributed by atoms with van der Waals surface area (Å²) in [5.74, 6) is -0.397. The molecule has 5 heteroatoms. The number of nitrogens with one attached hydrogen (secondary N) is 1.